The summed E-state index contributed by atoms with van der Waals surface area (Å²) in [7, 11) is 2.16. The summed E-state index contributed by atoms with van der Waals surface area (Å²) >= 11 is 0. The third-order valence-electron chi connectivity index (χ3n) is 8.09. The smallest absolute Gasteiger partial charge is 0.233 e. The van der Waals surface area contributed by atoms with E-state index in [0.717, 1.165) is 78.1 Å². The molecule has 0 spiro atoms. The minimum atomic E-state index is -0.240. The van der Waals surface area contributed by atoms with Crippen molar-refractivity contribution in [3.8, 4) is 17.0 Å². The number of nitrogens with one attached hydrogen (secondary N) is 2. The lowest BCUT2D eigenvalue weighted by atomic mass is 9.87. The van der Waals surface area contributed by atoms with Crippen LogP contribution >= 0.6 is 0 Å². The molecule has 2 fully saturated rings. The van der Waals surface area contributed by atoms with Crippen LogP contribution in [-0.4, -0.2) is 52.2 Å². The van der Waals surface area contributed by atoms with Gasteiger partial charge in [-0.1, -0.05) is 18.9 Å². The number of amides is 1. The maximum atomic E-state index is 13.6. The fourth-order valence-corrected chi connectivity index (χ4v) is 5.96. The van der Waals surface area contributed by atoms with Crippen LogP contribution < -0.4 is 10.1 Å². The van der Waals surface area contributed by atoms with E-state index in [1.807, 2.05) is 48.5 Å². The highest BCUT2D eigenvalue weighted by Crippen LogP contribution is 2.38. The van der Waals surface area contributed by atoms with Crippen molar-refractivity contribution in [3.05, 3.63) is 72.6 Å². The van der Waals surface area contributed by atoms with Crippen molar-refractivity contribution in [2.45, 2.75) is 50.5 Å². The van der Waals surface area contributed by atoms with Crippen molar-refractivity contribution in [1.82, 2.24) is 20.1 Å². The van der Waals surface area contributed by atoms with Crippen LogP contribution in [0.5, 0.6) is 5.75 Å². The molecule has 2 aromatic heterocycles. The van der Waals surface area contributed by atoms with Crippen molar-refractivity contribution in [2.24, 2.45) is 5.92 Å². The van der Waals surface area contributed by atoms with Crippen molar-refractivity contribution < 1.29 is 9.53 Å². The van der Waals surface area contributed by atoms with Gasteiger partial charge in [0.15, 0.2) is 0 Å². The van der Waals surface area contributed by atoms with Gasteiger partial charge < -0.3 is 15.0 Å². The molecule has 2 aromatic carbocycles. The monoisotopic (exact) mass is 509 g/mol. The fraction of sp³-hybridized carbons (Fsp3) is 0.387. The van der Waals surface area contributed by atoms with E-state index in [9.17, 15) is 4.79 Å². The third kappa shape index (κ3) is 5.29. The van der Waals surface area contributed by atoms with E-state index >= 15 is 0 Å². The molecule has 7 heteroatoms. The van der Waals surface area contributed by atoms with E-state index in [1.165, 1.54) is 12.8 Å². The molecule has 4 aromatic rings. The Balaban J connectivity index is 1.20. The number of piperidine rings is 1. The van der Waals surface area contributed by atoms with Gasteiger partial charge >= 0.3 is 0 Å². The molecular weight excluding hydrogens is 474 g/mol. The van der Waals surface area contributed by atoms with Gasteiger partial charge in [-0.15, -0.1) is 0 Å². The number of ether oxygens (including phenoxy) is 1. The summed E-state index contributed by atoms with van der Waals surface area (Å²) in [5, 5.41) is 11.9. The molecule has 3 heterocycles. The number of fused-ring (bicyclic) bond motifs is 1. The van der Waals surface area contributed by atoms with Gasteiger partial charge in [-0.3, -0.25) is 14.9 Å². The highest BCUT2D eigenvalue weighted by molar-refractivity contribution is 6.00. The molecule has 2 aliphatic rings. The number of rotatable bonds is 7. The van der Waals surface area contributed by atoms with Crippen LogP contribution in [0.4, 0.5) is 5.69 Å². The number of carbonyl (C=O) groups excluding carboxylic acids is 1. The minimum Gasteiger partial charge on any atom is -0.490 e. The van der Waals surface area contributed by atoms with Gasteiger partial charge in [0, 0.05) is 35.9 Å². The van der Waals surface area contributed by atoms with Crippen molar-refractivity contribution >= 4 is 22.5 Å². The molecule has 2 N–H and O–H groups in total. The van der Waals surface area contributed by atoms with Gasteiger partial charge in [-0.05, 0) is 93.2 Å². The van der Waals surface area contributed by atoms with Gasteiger partial charge in [0.25, 0.3) is 0 Å². The lowest BCUT2D eigenvalue weighted by Gasteiger charge is -2.29. The molecule has 1 saturated carbocycles. The minimum absolute atomic E-state index is 0.00963. The molecule has 1 saturated heterocycles. The van der Waals surface area contributed by atoms with Crippen LogP contribution in [0.2, 0.25) is 0 Å². The molecule has 1 amide bonds. The Morgan fingerprint density at radius 1 is 1.03 bits per heavy atom. The summed E-state index contributed by atoms with van der Waals surface area (Å²) in [4.78, 5) is 20.4. The van der Waals surface area contributed by atoms with Crippen LogP contribution in [0.3, 0.4) is 0 Å². The topological polar surface area (TPSA) is 83.1 Å². The van der Waals surface area contributed by atoms with Crippen LogP contribution in [0.15, 0.2) is 66.9 Å². The molecule has 1 unspecified atom stereocenters. The zero-order valence-electron chi connectivity index (χ0n) is 21.9. The van der Waals surface area contributed by atoms with E-state index in [0.29, 0.717) is 5.92 Å². The van der Waals surface area contributed by atoms with Crippen LogP contribution in [0.1, 0.15) is 50.1 Å². The number of likely N-dealkylation sites (tertiary alicyclic amines) is 1. The number of anilines is 1. The second kappa shape index (κ2) is 11.0. The molecule has 38 heavy (non-hydrogen) atoms. The Hall–Kier alpha value is -3.71. The molecule has 0 radical (unpaired) electrons. The maximum absolute atomic E-state index is 13.6. The zero-order chi connectivity index (χ0) is 25.9. The van der Waals surface area contributed by atoms with Gasteiger partial charge in [0.2, 0.25) is 5.91 Å². The second-order valence-electron chi connectivity index (χ2n) is 10.7. The molecule has 6 rings (SSSR count). The Kier molecular flexibility index (Phi) is 7.10. The quantitative estimate of drug-likeness (QED) is 0.319. The lowest BCUT2D eigenvalue weighted by molar-refractivity contribution is -0.118. The zero-order valence-corrected chi connectivity index (χ0v) is 21.9. The summed E-state index contributed by atoms with van der Waals surface area (Å²) in [5.41, 5.74) is 4.42. The Morgan fingerprint density at radius 2 is 1.82 bits per heavy atom. The highest BCUT2D eigenvalue weighted by Gasteiger charge is 2.33. The predicted octanol–water partition coefficient (Wildman–Crippen LogP) is 6.01. The summed E-state index contributed by atoms with van der Waals surface area (Å²) in [6.45, 7) is 2.15. The number of aromatic amines is 1. The summed E-state index contributed by atoms with van der Waals surface area (Å²) < 4.78 is 6.22. The number of carbonyl (C=O) groups is 1. The van der Waals surface area contributed by atoms with E-state index in [1.54, 1.807) is 6.20 Å². The number of H-pyrrole nitrogens is 1. The molecule has 7 nitrogen and oxygen atoms in total. The number of hydrogen-bond acceptors (Lipinski definition) is 5. The standard InChI is InChI=1S/C31H35N5O2/c1-36-18-15-25(16-19-36)38-24-12-9-22(10-13-24)30-26-20-23(11-14-27(26)34-35-30)33-31(37)29(21-6-2-3-7-21)28-8-4-5-17-32-28/h4-5,8-14,17,20-21,25,29H,2-3,6-7,15-16,18-19H2,1H3,(H,33,37)(H,34,35). The summed E-state index contributed by atoms with van der Waals surface area (Å²) in [6, 6.07) is 19.9. The molecule has 1 atom stereocenters. The SMILES string of the molecule is CN1CCC(Oc2ccc(-c3n[nH]c4ccc(NC(=O)C(c5ccccn5)C5CCCC5)cc34)cc2)CC1. The molecule has 196 valence electrons. The van der Waals surface area contributed by atoms with Gasteiger partial charge in [0.05, 0.1) is 22.8 Å². The average Bonchev–Trinajstić information content (AvgIpc) is 3.62. The molecular formula is C31H35N5O2. The lowest BCUT2D eigenvalue weighted by Crippen LogP contribution is -2.35. The highest BCUT2D eigenvalue weighted by atomic mass is 16.5. The van der Waals surface area contributed by atoms with Crippen molar-refractivity contribution in [2.75, 3.05) is 25.5 Å². The number of aromatic nitrogens is 3. The Morgan fingerprint density at radius 3 is 2.55 bits per heavy atom. The molecule has 0 bridgehead atoms. The Bertz CT molecular complexity index is 1370. The predicted molar refractivity (Wildman–Crippen MR) is 150 cm³/mol. The first kappa shape index (κ1) is 24.6. The number of pyridine rings is 1. The first-order valence-electron chi connectivity index (χ1n) is 13.8. The average molecular weight is 510 g/mol. The summed E-state index contributed by atoms with van der Waals surface area (Å²) in [6.07, 6.45) is 8.64. The maximum Gasteiger partial charge on any atom is 0.233 e. The Labute approximate surface area is 223 Å². The molecule has 1 aliphatic heterocycles. The molecule has 1 aliphatic carbocycles. The fourth-order valence-electron chi connectivity index (χ4n) is 5.96. The van der Waals surface area contributed by atoms with Crippen molar-refractivity contribution in [1.29, 1.82) is 0 Å². The normalized spacial score (nSPS) is 18.0. The van der Waals surface area contributed by atoms with Crippen molar-refractivity contribution in [3.63, 3.8) is 0 Å². The second-order valence-corrected chi connectivity index (χ2v) is 10.7. The van der Waals surface area contributed by atoms with E-state index in [4.69, 9.17) is 4.74 Å². The first-order chi connectivity index (χ1) is 18.6. The third-order valence-corrected chi connectivity index (χ3v) is 8.09. The van der Waals surface area contributed by atoms with Gasteiger partial charge in [0.1, 0.15) is 11.9 Å². The van der Waals surface area contributed by atoms with Crippen LogP contribution in [0, 0.1) is 5.92 Å². The summed E-state index contributed by atoms with van der Waals surface area (Å²) in [5.74, 6) is 0.989. The largest absolute Gasteiger partial charge is 0.490 e. The van der Waals surface area contributed by atoms with Gasteiger partial charge in [-0.2, -0.15) is 5.10 Å². The van der Waals surface area contributed by atoms with Crippen LogP contribution in [-0.2, 0) is 4.79 Å². The van der Waals surface area contributed by atoms with E-state index < -0.39 is 0 Å². The number of hydrogen-bond donors (Lipinski definition) is 2. The van der Waals surface area contributed by atoms with Crippen LogP contribution in [0.25, 0.3) is 22.2 Å². The van der Waals surface area contributed by atoms with E-state index in [2.05, 4.69) is 44.6 Å². The number of nitrogens with zero attached hydrogens (tertiary/aromatic N) is 3. The first-order valence-corrected chi connectivity index (χ1v) is 13.8. The number of benzene rings is 2. The van der Waals surface area contributed by atoms with Gasteiger partial charge in [-0.25, -0.2) is 0 Å². The van der Waals surface area contributed by atoms with E-state index in [-0.39, 0.29) is 17.9 Å².